The summed E-state index contributed by atoms with van der Waals surface area (Å²) < 4.78 is 21.5. The number of benzene rings is 2. The fourth-order valence-corrected chi connectivity index (χ4v) is 2.73. The highest BCUT2D eigenvalue weighted by Crippen LogP contribution is 2.17. The number of anilines is 1. The fraction of sp³-hybridized carbons (Fsp3) is 0.458. The normalized spacial score (nSPS) is 11.1. The summed E-state index contributed by atoms with van der Waals surface area (Å²) in [6.45, 7) is 7.18. The topological polar surface area (TPSA) is 73.3 Å². The molecule has 8 heteroatoms. The van der Waals surface area contributed by atoms with Crippen molar-refractivity contribution < 1.29 is 18.9 Å². The van der Waals surface area contributed by atoms with E-state index in [4.69, 9.17) is 23.9 Å². The van der Waals surface area contributed by atoms with Crippen LogP contribution in [0.25, 0.3) is 0 Å². The highest BCUT2D eigenvalue weighted by Gasteiger charge is 2.03. The third kappa shape index (κ3) is 11.5. The molecule has 2 N–H and O–H groups in total. The number of methoxy groups -OCH3 is 2. The standard InChI is InChI=1S/C24H35N3O4.HI/c1-19(2)31-22-11-9-21(10-12-22)27-24(25-13-6-14-30-16-15-28-3)26-18-20-7-5-8-23(17-20)29-4;/h5,7-12,17,19H,6,13-16,18H2,1-4H3,(H2,25,26,27);1H. The molecule has 2 aromatic carbocycles. The number of hydrogen-bond acceptors (Lipinski definition) is 5. The van der Waals surface area contributed by atoms with E-state index in [1.54, 1.807) is 14.2 Å². The van der Waals surface area contributed by atoms with Crippen LogP contribution in [-0.2, 0) is 16.0 Å². The van der Waals surface area contributed by atoms with Crippen molar-refractivity contribution in [2.45, 2.75) is 32.9 Å². The summed E-state index contributed by atoms with van der Waals surface area (Å²) in [4.78, 5) is 4.73. The number of halogens is 1. The smallest absolute Gasteiger partial charge is 0.196 e. The van der Waals surface area contributed by atoms with Gasteiger partial charge in [-0.2, -0.15) is 0 Å². The zero-order valence-corrected chi connectivity index (χ0v) is 21.8. The lowest BCUT2D eigenvalue weighted by molar-refractivity contribution is 0.0699. The van der Waals surface area contributed by atoms with Crippen molar-refractivity contribution in [3.8, 4) is 11.5 Å². The maximum atomic E-state index is 5.71. The van der Waals surface area contributed by atoms with Gasteiger partial charge in [-0.25, -0.2) is 4.99 Å². The van der Waals surface area contributed by atoms with E-state index >= 15 is 0 Å². The molecular formula is C24H36IN3O4. The second-order valence-electron chi connectivity index (χ2n) is 7.22. The SMILES string of the molecule is COCCOCCCNC(=NCc1cccc(OC)c1)Nc1ccc(OC(C)C)cc1.I. The van der Waals surface area contributed by atoms with Crippen LogP contribution in [0, 0.1) is 0 Å². The van der Waals surface area contributed by atoms with Gasteiger partial charge in [-0.05, 0) is 62.2 Å². The Bertz CT molecular complexity index is 785. The molecule has 0 saturated heterocycles. The van der Waals surface area contributed by atoms with Gasteiger partial charge in [-0.3, -0.25) is 0 Å². The average molecular weight is 557 g/mol. The summed E-state index contributed by atoms with van der Waals surface area (Å²) >= 11 is 0. The Morgan fingerprint density at radius 2 is 1.75 bits per heavy atom. The molecule has 0 heterocycles. The van der Waals surface area contributed by atoms with E-state index in [1.807, 2.05) is 62.4 Å². The Balaban J connectivity index is 0.00000512. The van der Waals surface area contributed by atoms with Crippen molar-refractivity contribution in [3.05, 3.63) is 54.1 Å². The molecule has 0 atom stereocenters. The van der Waals surface area contributed by atoms with Crippen LogP contribution in [-0.4, -0.2) is 52.6 Å². The highest BCUT2D eigenvalue weighted by atomic mass is 127. The van der Waals surface area contributed by atoms with Gasteiger partial charge in [0.1, 0.15) is 11.5 Å². The molecular weight excluding hydrogens is 521 g/mol. The van der Waals surface area contributed by atoms with E-state index in [2.05, 4.69) is 10.6 Å². The molecule has 0 aliphatic rings. The molecule has 0 aliphatic heterocycles. The largest absolute Gasteiger partial charge is 0.497 e. The summed E-state index contributed by atoms with van der Waals surface area (Å²) in [5.74, 6) is 2.37. The van der Waals surface area contributed by atoms with Crippen molar-refractivity contribution in [1.29, 1.82) is 0 Å². The summed E-state index contributed by atoms with van der Waals surface area (Å²) in [6.07, 6.45) is 1.01. The molecule has 0 spiro atoms. The molecule has 0 fully saturated rings. The van der Waals surface area contributed by atoms with Gasteiger partial charge >= 0.3 is 0 Å². The van der Waals surface area contributed by atoms with Gasteiger partial charge in [0, 0.05) is 25.9 Å². The number of aliphatic imine (C=N–C) groups is 1. The van der Waals surface area contributed by atoms with Crippen LogP contribution in [0.2, 0.25) is 0 Å². The highest BCUT2D eigenvalue weighted by molar-refractivity contribution is 14.0. The van der Waals surface area contributed by atoms with E-state index in [9.17, 15) is 0 Å². The molecule has 0 aromatic heterocycles. The zero-order chi connectivity index (χ0) is 22.3. The van der Waals surface area contributed by atoms with Crippen LogP contribution >= 0.6 is 24.0 Å². The summed E-state index contributed by atoms with van der Waals surface area (Å²) in [5, 5.41) is 6.73. The summed E-state index contributed by atoms with van der Waals surface area (Å²) in [6, 6.07) is 15.8. The lowest BCUT2D eigenvalue weighted by atomic mass is 10.2. The number of guanidine groups is 1. The lowest BCUT2D eigenvalue weighted by Crippen LogP contribution is -2.32. The first-order valence-corrected chi connectivity index (χ1v) is 10.6. The van der Waals surface area contributed by atoms with Crippen LogP contribution in [0.15, 0.2) is 53.5 Å². The Kier molecular flexibility index (Phi) is 14.5. The number of nitrogens with one attached hydrogen (secondary N) is 2. The molecule has 0 saturated carbocycles. The van der Waals surface area contributed by atoms with Gasteiger partial charge < -0.3 is 29.6 Å². The lowest BCUT2D eigenvalue weighted by Gasteiger charge is -2.14. The minimum Gasteiger partial charge on any atom is -0.497 e. The molecule has 0 radical (unpaired) electrons. The Morgan fingerprint density at radius 1 is 0.969 bits per heavy atom. The van der Waals surface area contributed by atoms with Crippen molar-refractivity contribution in [1.82, 2.24) is 5.32 Å². The first kappa shape index (κ1) is 28.0. The quantitative estimate of drug-likeness (QED) is 0.161. The maximum absolute atomic E-state index is 5.71. The van der Waals surface area contributed by atoms with E-state index in [1.165, 1.54) is 0 Å². The molecule has 178 valence electrons. The molecule has 0 aliphatic carbocycles. The van der Waals surface area contributed by atoms with Crippen molar-refractivity contribution in [2.75, 3.05) is 45.9 Å². The van der Waals surface area contributed by atoms with Gasteiger partial charge in [0.2, 0.25) is 0 Å². The van der Waals surface area contributed by atoms with Gasteiger partial charge in [0.05, 0.1) is 33.0 Å². The van der Waals surface area contributed by atoms with Crippen LogP contribution in [0.3, 0.4) is 0 Å². The van der Waals surface area contributed by atoms with Crippen molar-refractivity contribution >= 4 is 35.6 Å². The van der Waals surface area contributed by atoms with Gasteiger partial charge in [-0.15, -0.1) is 24.0 Å². The molecule has 2 aromatic rings. The number of rotatable bonds is 13. The average Bonchev–Trinajstić information content (AvgIpc) is 2.77. The van der Waals surface area contributed by atoms with Gasteiger partial charge in [-0.1, -0.05) is 12.1 Å². The number of hydrogen-bond donors (Lipinski definition) is 2. The van der Waals surface area contributed by atoms with E-state index in [-0.39, 0.29) is 30.1 Å². The van der Waals surface area contributed by atoms with Gasteiger partial charge in [0.15, 0.2) is 5.96 Å². The molecule has 0 unspecified atom stereocenters. The maximum Gasteiger partial charge on any atom is 0.196 e. The van der Waals surface area contributed by atoms with Crippen LogP contribution in [0.5, 0.6) is 11.5 Å². The predicted molar refractivity (Wildman–Crippen MR) is 141 cm³/mol. The van der Waals surface area contributed by atoms with E-state index in [0.717, 1.165) is 35.7 Å². The third-order valence-corrected chi connectivity index (χ3v) is 4.23. The summed E-state index contributed by atoms with van der Waals surface area (Å²) in [7, 11) is 3.33. The summed E-state index contributed by atoms with van der Waals surface area (Å²) in [5.41, 5.74) is 2.01. The van der Waals surface area contributed by atoms with E-state index < -0.39 is 0 Å². The Morgan fingerprint density at radius 3 is 2.44 bits per heavy atom. The van der Waals surface area contributed by atoms with Crippen LogP contribution in [0.4, 0.5) is 5.69 Å². The fourth-order valence-electron chi connectivity index (χ4n) is 2.73. The van der Waals surface area contributed by atoms with E-state index in [0.29, 0.717) is 32.3 Å². The monoisotopic (exact) mass is 557 g/mol. The molecule has 7 nitrogen and oxygen atoms in total. The van der Waals surface area contributed by atoms with Crippen molar-refractivity contribution in [3.63, 3.8) is 0 Å². The van der Waals surface area contributed by atoms with Crippen molar-refractivity contribution in [2.24, 2.45) is 4.99 Å². The predicted octanol–water partition coefficient (Wildman–Crippen LogP) is 4.71. The first-order valence-electron chi connectivity index (χ1n) is 10.6. The van der Waals surface area contributed by atoms with Crippen LogP contribution in [0.1, 0.15) is 25.8 Å². The first-order chi connectivity index (χ1) is 15.1. The molecule has 0 amide bonds. The third-order valence-electron chi connectivity index (χ3n) is 4.23. The van der Waals surface area contributed by atoms with Gasteiger partial charge in [0.25, 0.3) is 0 Å². The number of ether oxygens (including phenoxy) is 4. The molecule has 32 heavy (non-hydrogen) atoms. The minimum atomic E-state index is 0. The van der Waals surface area contributed by atoms with Crippen LogP contribution < -0.4 is 20.1 Å². The molecule has 0 bridgehead atoms. The molecule has 2 rings (SSSR count). The Hall–Kier alpha value is -2.04. The minimum absolute atomic E-state index is 0. The zero-order valence-electron chi connectivity index (χ0n) is 19.4. The second kappa shape index (κ2) is 16.6. The Labute approximate surface area is 208 Å². The number of nitrogens with zero attached hydrogens (tertiary/aromatic N) is 1. The second-order valence-corrected chi connectivity index (χ2v) is 7.22.